The van der Waals surface area contributed by atoms with E-state index in [-0.39, 0.29) is 11.8 Å². The zero-order chi connectivity index (χ0) is 10.7. The van der Waals surface area contributed by atoms with Crippen LogP contribution in [0.4, 0.5) is 0 Å². The van der Waals surface area contributed by atoms with Crippen molar-refractivity contribution in [1.82, 2.24) is 0 Å². The maximum atomic E-state index is 11.9. The number of hydrogen-bond acceptors (Lipinski definition) is 1. The zero-order valence-corrected chi connectivity index (χ0v) is 9.28. The molecule has 0 saturated heterocycles. The second kappa shape index (κ2) is 4.61. The highest BCUT2D eigenvalue weighted by Gasteiger charge is 2.27. The van der Waals surface area contributed by atoms with Crippen LogP contribution in [0.15, 0.2) is 30.3 Å². The first-order valence-electron chi connectivity index (χ1n) is 5.85. The molecule has 15 heavy (non-hydrogen) atoms. The first kappa shape index (κ1) is 10.4. The second-order valence-corrected chi connectivity index (χ2v) is 4.62. The summed E-state index contributed by atoms with van der Waals surface area (Å²) in [4.78, 5) is 11.9. The number of carbonyl (C=O) groups excluding carboxylic acids is 1. The molecule has 0 aromatic heterocycles. The molecule has 1 aliphatic rings. The van der Waals surface area contributed by atoms with Crippen molar-refractivity contribution < 1.29 is 4.79 Å². The number of Topliss-reactive ketones (excluding diaryl/α,β-unsaturated/α-hetero) is 1. The van der Waals surface area contributed by atoms with Gasteiger partial charge < -0.3 is 0 Å². The lowest BCUT2D eigenvalue weighted by Crippen LogP contribution is -2.28. The molecule has 1 heteroatoms. The van der Waals surface area contributed by atoms with Crippen LogP contribution in [0.5, 0.6) is 0 Å². The van der Waals surface area contributed by atoms with E-state index < -0.39 is 0 Å². The molecule has 0 spiro atoms. The largest absolute Gasteiger partial charge is 0.299 e. The maximum Gasteiger partial charge on any atom is 0.139 e. The van der Waals surface area contributed by atoms with Crippen LogP contribution in [0, 0.1) is 11.8 Å². The van der Waals surface area contributed by atoms with Crippen LogP contribution in [0.2, 0.25) is 0 Å². The van der Waals surface area contributed by atoms with Crippen molar-refractivity contribution in [2.24, 2.45) is 11.8 Å². The van der Waals surface area contributed by atoms with Gasteiger partial charge in [0.15, 0.2) is 0 Å². The highest BCUT2D eigenvalue weighted by atomic mass is 16.1. The lowest BCUT2D eigenvalue weighted by atomic mass is 9.78. The molecular weight excluding hydrogens is 184 g/mol. The molecule has 0 amide bonds. The molecule has 80 valence electrons. The fourth-order valence-electron chi connectivity index (χ4n) is 2.46. The van der Waals surface area contributed by atoms with Gasteiger partial charge in [-0.1, -0.05) is 43.7 Å². The molecule has 1 aromatic carbocycles. The van der Waals surface area contributed by atoms with E-state index in [2.05, 4.69) is 19.1 Å². The molecule has 2 atom stereocenters. The van der Waals surface area contributed by atoms with E-state index in [1.54, 1.807) is 0 Å². The predicted molar refractivity (Wildman–Crippen MR) is 61.7 cm³/mol. The summed E-state index contributed by atoms with van der Waals surface area (Å²) in [5.74, 6) is 1.04. The van der Waals surface area contributed by atoms with Crippen molar-refractivity contribution in [1.29, 1.82) is 0 Å². The van der Waals surface area contributed by atoms with E-state index in [4.69, 9.17) is 0 Å². The summed E-state index contributed by atoms with van der Waals surface area (Å²) >= 11 is 0. The lowest BCUT2D eigenvalue weighted by molar-refractivity contribution is -0.128. The van der Waals surface area contributed by atoms with Crippen molar-refractivity contribution in [3.63, 3.8) is 0 Å². The molecule has 2 rings (SSSR count). The monoisotopic (exact) mass is 202 g/mol. The Labute approximate surface area is 91.5 Å². The standard InChI is InChI=1S/C14H18O/c1-11-6-5-9-13(14(11)15)10-12-7-3-2-4-8-12/h2-4,7-8,11,13H,5-6,9-10H2,1H3/t11-,13+/m1/s1. The van der Waals surface area contributed by atoms with E-state index >= 15 is 0 Å². The molecule has 1 saturated carbocycles. The summed E-state index contributed by atoms with van der Waals surface area (Å²) in [5.41, 5.74) is 1.30. The minimum absolute atomic E-state index is 0.274. The molecule has 1 fully saturated rings. The molecule has 0 N–H and O–H groups in total. The minimum atomic E-state index is 0.274. The van der Waals surface area contributed by atoms with Gasteiger partial charge in [-0.15, -0.1) is 0 Å². The Morgan fingerprint density at radius 1 is 1.20 bits per heavy atom. The first-order valence-corrected chi connectivity index (χ1v) is 5.85. The number of hydrogen-bond donors (Lipinski definition) is 0. The van der Waals surface area contributed by atoms with E-state index in [0.717, 1.165) is 19.3 Å². The van der Waals surface area contributed by atoms with E-state index in [1.807, 2.05) is 18.2 Å². The number of rotatable bonds is 2. The van der Waals surface area contributed by atoms with Gasteiger partial charge in [0.05, 0.1) is 0 Å². The Bertz CT molecular complexity index is 328. The molecule has 0 radical (unpaired) electrons. The Balaban J connectivity index is 2.03. The topological polar surface area (TPSA) is 17.1 Å². The van der Waals surface area contributed by atoms with Crippen LogP contribution < -0.4 is 0 Å². The number of benzene rings is 1. The maximum absolute atomic E-state index is 11.9. The summed E-state index contributed by atoms with van der Waals surface area (Å²) in [6, 6.07) is 10.4. The van der Waals surface area contributed by atoms with Gasteiger partial charge in [0, 0.05) is 11.8 Å². The summed E-state index contributed by atoms with van der Waals surface area (Å²) in [7, 11) is 0. The van der Waals surface area contributed by atoms with Gasteiger partial charge in [0.2, 0.25) is 0 Å². The quantitative estimate of drug-likeness (QED) is 0.719. The molecule has 0 heterocycles. The molecule has 0 unspecified atom stereocenters. The third-order valence-electron chi connectivity index (χ3n) is 3.40. The second-order valence-electron chi connectivity index (χ2n) is 4.62. The third kappa shape index (κ3) is 2.47. The number of carbonyl (C=O) groups is 1. The SMILES string of the molecule is C[C@@H]1CCC[C@@H](Cc2ccccc2)C1=O. The van der Waals surface area contributed by atoms with Crippen molar-refractivity contribution in [2.45, 2.75) is 32.6 Å². The summed E-state index contributed by atoms with van der Waals surface area (Å²) < 4.78 is 0. The van der Waals surface area contributed by atoms with Gasteiger partial charge in [-0.2, -0.15) is 0 Å². The van der Waals surface area contributed by atoms with Gasteiger partial charge in [-0.3, -0.25) is 4.79 Å². The van der Waals surface area contributed by atoms with Crippen LogP contribution in [-0.2, 0) is 11.2 Å². The average Bonchev–Trinajstić information content (AvgIpc) is 2.26. The predicted octanol–water partition coefficient (Wildman–Crippen LogP) is 3.23. The normalized spacial score (nSPS) is 26.6. The fraction of sp³-hybridized carbons (Fsp3) is 0.500. The van der Waals surface area contributed by atoms with Gasteiger partial charge >= 0.3 is 0 Å². The lowest BCUT2D eigenvalue weighted by Gasteiger charge is -2.25. The van der Waals surface area contributed by atoms with Crippen LogP contribution >= 0.6 is 0 Å². The van der Waals surface area contributed by atoms with E-state index in [9.17, 15) is 4.79 Å². The minimum Gasteiger partial charge on any atom is -0.299 e. The molecule has 1 aromatic rings. The van der Waals surface area contributed by atoms with Crippen molar-refractivity contribution in [3.05, 3.63) is 35.9 Å². The van der Waals surface area contributed by atoms with Crippen molar-refractivity contribution >= 4 is 5.78 Å². The van der Waals surface area contributed by atoms with Gasteiger partial charge in [-0.25, -0.2) is 0 Å². The van der Waals surface area contributed by atoms with Gasteiger partial charge in [0.1, 0.15) is 5.78 Å². The zero-order valence-electron chi connectivity index (χ0n) is 9.28. The summed E-state index contributed by atoms with van der Waals surface area (Å²) in [6.07, 6.45) is 4.32. The smallest absolute Gasteiger partial charge is 0.139 e. The Hall–Kier alpha value is -1.11. The van der Waals surface area contributed by atoms with Crippen LogP contribution in [0.3, 0.4) is 0 Å². The van der Waals surface area contributed by atoms with Crippen LogP contribution in [0.1, 0.15) is 31.7 Å². The Morgan fingerprint density at radius 3 is 2.67 bits per heavy atom. The van der Waals surface area contributed by atoms with Gasteiger partial charge in [-0.05, 0) is 24.8 Å². The molecule has 1 nitrogen and oxygen atoms in total. The third-order valence-corrected chi connectivity index (χ3v) is 3.40. The van der Waals surface area contributed by atoms with Crippen molar-refractivity contribution in [2.75, 3.05) is 0 Å². The summed E-state index contributed by atoms with van der Waals surface area (Å²) in [6.45, 7) is 2.07. The van der Waals surface area contributed by atoms with Crippen LogP contribution in [-0.4, -0.2) is 5.78 Å². The Kier molecular flexibility index (Phi) is 3.20. The van der Waals surface area contributed by atoms with Gasteiger partial charge in [0.25, 0.3) is 0 Å². The highest BCUT2D eigenvalue weighted by molar-refractivity contribution is 5.84. The molecule has 1 aliphatic carbocycles. The highest BCUT2D eigenvalue weighted by Crippen LogP contribution is 2.27. The first-order chi connectivity index (χ1) is 7.27. The summed E-state index contributed by atoms with van der Waals surface area (Å²) in [5, 5.41) is 0. The average molecular weight is 202 g/mol. The molecule has 0 aliphatic heterocycles. The Morgan fingerprint density at radius 2 is 1.93 bits per heavy atom. The van der Waals surface area contributed by atoms with E-state index in [1.165, 1.54) is 12.0 Å². The van der Waals surface area contributed by atoms with E-state index in [0.29, 0.717) is 5.78 Å². The van der Waals surface area contributed by atoms with Crippen LogP contribution in [0.25, 0.3) is 0 Å². The molecule has 0 bridgehead atoms. The fourth-order valence-corrected chi connectivity index (χ4v) is 2.46. The number of ketones is 1. The molecular formula is C14H18O. The van der Waals surface area contributed by atoms with Crippen molar-refractivity contribution in [3.8, 4) is 0 Å².